The Morgan fingerprint density at radius 3 is 2.26 bits per heavy atom. The molecule has 0 saturated heterocycles. The molecule has 156 valence electrons. The number of benzene rings is 1. The van der Waals surface area contributed by atoms with Crippen molar-refractivity contribution < 1.29 is 14.2 Å². The van der Waals surface area contributed by atoms with Crippen LogP contribution in [0.5, 0.6) is 17.2 Å². The van der Waals surface area contributed by atoms with Crippen LogP contribution in [0.1, 0.15) is 45.1 Å². The highest BCUT2D eigenvalue weighted by atomic mass is 127. The Morgan fingerprint density at radius 1 is 1.04 bits per heavy atom. The van der Waals surface area contributed by atoms with Gasteiger partial charge in [-0.15, -0.1) is 24.0 Å². The van der Waals surface area contributed by atoms with Crippen LogP contribution in [-0.2, 0) is 6.54 Å². The van der Waals surface area contributed by atoms with Crippen molar-refractivity contribution in [2.24, 2.45) is 10.9 Å². The molecule has 1 rings (SSSR count). The number of guanidine groups is 1. The molecule has 7 heteroatoms. The van der Waals surface area contributed by atoms with Gasteiger partial charge >= 0.3 is 0 Å². The van der Waals surface area contributed by atoms with E-state index in [-0.39, 0.29) is 24.0 Å². The van der Waals surface area contributed by atoms with Crippen LogP contribution < -0.4 is 24.8 Å². The van der Waals surface area contributed by atoms with Crippen molar-refractivity contribution in [3.63, 3.8) is 0 Å². The van der Waals surface area contributed by atoms with E-state index < -0.39 is 0 Å². The number of ether oxygens (including phenoxy) is 3. The van der Waals surface area contributed by atoms with Gasteiger partial charge in [0.05, 0.1) is 21.3 Å². The molecule has 0 fully saturated rings. The molecule has 0 saturated carbocycles. The van der Waals surface area contributed by atoms with E-state index in [1.54, 1.807) is 28.4 Å². The maximum atomic E-state index is 5.53. The summed E-state index contributed by atoms with van der Waals surface area (Å²) in [6, 6.07) is 3.85. The lowest BCUT2D eigenvalue weighted by molar-refractivity contribution is 0.322. The van der Waals surface area contributed by atoms with E-state index in [2.05, 4.69) is 29.5 Å². The minimum atomic E-state index is 0. The Kier molecular flexibility index (Phi) is 13.9. The Hall–Kier alpha value is -1.38. The number of halogens is 1. The van der Waals surface area contributed by atoms with Crippen LogP contribution in [-0.4, -0.2) is 40.9 Å². The van der Waals surface area contributed by atoms with Crippen LogP contribution in [0.2, 0.25) is 0 Å². The van der Waals surface area contributed by atoms with Gasteiger partial charge in [0.1, 0.15) is 0 Å². The number of nitrogens with one attached hydrogen (secondary N) is 2. The van der Waals surface area contributed by atoms with Crippen LogP contribution in [0, 0.1) is 5.92 Å². The van der Waals surface area contributed by atoms with Gasteiger partial charge < -0.3 is 24.8 Å². The quantitative estimate of drug-likeness (QED) is 0.275. The zero-order valence-corrected chi connectivity index (χ0v) is 19.9. The van der Waals surface area contributed by atoms with Gasteiger partial charge in [0, 0.05) is 25.7 Å². The lowest BCUT2D eigenvalue weighted by atomic mass is 9.99. The van der Waals surface area contributed by atoms with Gasteiger partial charge in [-0.25, -0.2) is 0 Å². The summed E-state index contributed by atoms with van der Waals surface area (Å²) in [5.74, 6) is 3.38. The summed E-state index contributed by atoms with van der Waals surface area (Å²) in [7, 11) is 6.64. The van der Waals surface area contributed by atoms with Crippen LogP contribution in [0.4, 0.5) is 0 Å². The summed E-state index contributed by atoms with van der Waals surface area (Å²) in [5, 5.41) is 6.78. The molecule has 0 aliphatic carbocycles. The molecule has 0 heterocycles. The number of nitrogens with zero attached hydrogens (tertiary/aromatic N) is 1. The molecule has 27 heavy (non-hydrogen) atoms. The fraction of sp³-hybridized carbons (Fsp3) is 0.650. The topological polar surface area (TPSA) is 64.1 Å². The molecule has 0 amide bonds. The number of rotatable bonds is 11. The third-order valence-electron chi connectivity index (χ3n) is 4.56. The van der Waals surface area contributed by atoms with Crippen molar-refractivity contribution in [2.45, 2.75) is 46.1 Å². The first-order valence-corrected chi connectivity index (χ1v) is 9.37. The van der Waals surface area contributed by atoms with Gasteiger partial charge in [-0.05, 0) is 24.5 Å². The van der Waals surface area contributed by atoms with Crippen LogP contribution in [0.3, 0.4) is 0 Å². The molecule has 6 nitrogen and oxygen atoms in total. The molecule has 0 aromatic heterocycles. The predicted octanol–water partition coefficient (Wildman–Crippen LogP) is 4.21. The molecule has 0 radical (unpaired) electrons. The molecule has 0 aliphatic rings. The van der Waals surface area contributed by atoms with Gasteiger partial charge in [-0.2, -0.15) is 0 Å². The summed E-state index contributed by atoms with van der Waals surface area (Å²) in [6.45, 7) is 5.98. The van der Waals surface area contributed by atoms with Crippen molar-refractivity contribution in [3.05, 3.63) is 17.7 Å². The summed E-state index contributed by atoms with van der Waals surface area (Å²) in [5.41, 5.74) is 0.978. The third kappa shape index (κ3) is 8.02. The van der Waals surface area contributed by atoms with Crippen LogP contribution in [0.15, 0.2) is 17.1 Å². The molecule has 1 aromatic rings. The largest absolute Gasteiger partial charge is 0.493 e. The molecule has 1 atom stereocenters. The van der Waals surface area contributed by atoms with E-state index >= 15 is 0 Å². The molecule has 0 spiro atoms. The number of methoxy groups -OCH3 is 3. The van der Waals surface area contributed by atoms with Crippen molar-refractivity contribution in [2.75, 3.05) is 34.9 Å². The Morgan fingerprint density at radius 2 is 1.74 bits per heavy atom. The lowest BCUT2D eigenvalue weighted by Crippen LogP contribution is -2.39. The molecule has 0 aliphatic heterocycles. The van der Waals surface area contributed by atoms with E-state index in [9.17, 15) is 0 Å². The second kappa shape index (κ2) is 14.6. The summed E-state index contributed by atoms with van der Waals surface area (Å²) in [6.07, 6.45) is 4.94. The Labute approximate surface area is 181 Å². The molecular weight excluding hydrogens is 457 g/mol. The molecule has 1 aromatic carbocycles. The fourth-order valence-electron chi connectivity index (χ4n) is 2.89. The first kappa shape index (κ1) is 25.6. The minimum absolute atomic E-state index is 0. The molecular formula is C20H36IN3O3. The SMILES string of the molecule is CCCCC(CC)CNC(=NC)NCc1ccc(OC)c(OC)c1OC.I. The maximum Gasteiger partial charge on any atom is 0.203 e. The second-order valence-corrected chi connectivity index (χ2v) is 6.22. The van der Waals surface area contributed by atoms with Crippen molar-refractivity contribution in [3.8, 4) is 17.2 Å². The number of hydrogen-bond donors (Lipinski definition) is 2. The molecule has 1 unspecified atom stereocenters. The van der Waals surface area contributed by atoms with Gasteiger partial charge in [0.2, 0.25) is 5.75 Å². The number of unbranched alkanes of at least 4 members (excludes halogenated alkanes) is 1. The van der Waals surface area contributed by atoms with E-state index in [1.807, 2.05) is 12.1 Å². The summed E-state index contributed by atoms with van der Waals surface area (Å²) >= 11 is 0. The normalized spacial score (nSPS) is 12.0. The average Bonchev–Trinajstić information content (AvgIpc) is 2.69. The first-order chi connectivity index (χ1) is 12.6. The number of aliphatic imine (C=N–C) groups is 1. The van der Waals surface area contributed by atoms with Crippen molar-refractivity contribution in [1.82, 2.24) is 10.6 Å². The third-order valence-corrected chi connectivity index (χ3v) is 4.56. The van der Waals surface area contributed by atoms with Gasteiger partial charge in [0.25, 0.3) is 0 Å². The minimum Gasteiger partial charge on any atom is -0.493 e. The molecule has 0 bridgehead atoms. The number of hydrogen-bond acceptors (Lipinski definition) is 4. The summed E-state index contributed by atoms with van der Waals surface area (Å²) in [4.78, 5) is 4.32. The zero-order valence-electron chi connectivity index (χ0n) is 17.6. The maximum absolute atomic E-state index is 5.53. The van der Waals surface area contributed by atoms with E-state index in [0.717, 1.165) is 18.1 Å². The summed E-state index contributed by atoms with van der Waals surface area (Å²) < 4.78 is 16.3. The first-order valence-electron chi connectivity index (χ1n) is 9.37. The Balaban J connectivity index is 0.00000676. The van der Waals surface area contributed by atoms with Crippen molar-refractivity contribution >= 4 is 29.9 Å². The monoisotopic (exact) mass is 493 g/mol. The Bertz CT molecular complexity index is 568. The lowest BCUT2D eigenvalue weighted by Gasteiger charge is -2.19. The van der Waals surface area contributed by atoms with Crippen LogP contribution >= 0.6 is 24.0 Å². The molecule has 2 N–H and O–H groups in total. The highest BCUT2D eigenvalue weighted by Crippen LogP contribution is 2.39. The smallest absolute Gasteiger partial charge is 0.203 e. The predicted molar refractivity (Wildman–Crippen MR) is 123 cm³/mol. The van der Waals surface area contributed by atoms with Crippen LogP contribution in [0.25, 0.3) is 0 Å². The fourth-order valence-corrected chi connectivity index (χ4v) is 2.89. The van der Waals surface area contributed by atoms with Gasteiger partial charge in [0.15, 0.2) is 17.5 Å². The highest BCUT2D eigenvalue weighted by Gasteiger charge is 2.16. The van der Waals surface area contributed by atoms with Gasteiger partial charge in [-0.1, -0.05) is 33.1 Å². The van der Waals surface area contributed by atoms with E-state index in [4.69, 9.17) is 14.2 Å². The standard InChI is InChI=1S/C20H35N3O3.HI/c1-7-9-10-15(8-2)13-22-20(21-3)23-14-16-11-12-17(24-4)19(26-6)18(16)25-5;/h11-12,15H,7-10,13-14H2,1-6H3,(H2,21,22,23);1H. The highest BCUT2D eigenvalue weighted by molar-refractivity contribution is 14.0. The van der Waals surface area contributed by atoms with E-state index in [1.165, 1.54) is 25.7 Å². The zero-order chi connectivity index (χ0) is 19.4. The van der Waals surface area contributed by atoms with E-state index in [0.29, 0.717) is 29.7 Å². The van der Waals surface area contributed by atoms with Crippen molar-refractivity contribution in [1.29, 1.82) is 0 Å². The van der Waals surface area contributed by atoms with Gasteiger partial charge in [-0.3, -0.25) is 4.99 Å². The second-order valence-electron chi connectivity index (χ2n) is 6.22. The average molecular weight is 493 g/mol.